The van der Waals surface area contributed by atoms with Gasteiger partial charge in [0.15, 0.2) is 0 Å². The molecule has 0 fully saturated rings. The van der Waals surface area contributed by atoms with Crippen LogP contribution in [0.15, 0.2) is 42.6 Å². The average molecular weight is 354 g/mol. The first-order valence-corrected chi connectivity index (χ1v) is 6.26. The summed E-state index contributed by atoms with van der Waals surface area (Å²) in [6.45, 7) is 0. The second-order valence-corrected chi connectivity index (χ2v) is 4.79. The normalized spacial score (nSPS) is 9.89. The number of carbonyl (C=O) groups is 1. The second kappa shape index (κ2) is 5.78. The molecule has 6 heteroatoms. The molecule has 2 aromatic rings. The second-order valence-electron chi connectivity index (χ2n) is 3.54. The Morgan fingerprint density at radius 2 is 2.11 bits per heavy atom. The topological polar surface area (TPSA) is 80.0 Å². The fourth-order valence-corrected chi connectivity index (χ4v) is 1.93. The van der Waals surface area contributed by atoms with Crippen molar-refractivity contribution in [2.75, 3.05) is 10.7 Å². The Morgan fingerprint density at radius 1 is 1.28 bits per heavy atom. The smallest absolute Gasteiger partial charge is 0.257 e. The maximum Gasteiger partial charge on any atom is 0.257 e. The molecule has 0 spiro atoms. The van der Waals surface area contributed by atoms with Gasteiger partial charge in [-0.3, -0.25) is 4.79 Å². The van der Waals surface area contributed by atoms with Gasteiger partial charge in [0.1, 0.15) is 5.82 Å². The standard InChI is InChI=1S/C12H11IN4O/c13-9-2-1-3-10(6-9)16-12(18)8-4-5-11(17-14)15-7-8/h1-7H,14H2,(H,15,17)(H,16,18). The van der Waals surface area contributed by atoms with E-state index in [4.69, 9.17) is 5.84 Å². The predicted octanol–water partition coefficient (Wildman–Crippen LogP) is 2.22. The van der Waals surface area contributed by atoms with E-state index in [1.54, 1.807) is 12.1 Å². The number of hydrogen-bond acceptors (Lipinski definition) is 4. The van der Waals surface area contributed by atoms with Gasteiger partial charge in [-0.15, -0.1) is 0 Å². The van der Waals surface area contributed by atoms with Gasteiger partial charge in [0.25, 0.3) is 5.91 Å². The van der Waals surface area contributed by atoms with Crippen molar-refractivity contribution in [3.05, 3.63) is 51.7 Å². The molecule has 1 amide bonds. The highest BCUT2D eigenvalue weighted by atomic mass is 127. The van der Waals surface area contributed by atoms with Crippen LogP contribution in [0.1, 0.15) is 10.4 Å². The van der Waals surface area contributed by atoms with Crippen molar-refractivity contribution in [2.24, 2.45) is 5.84 Å². The third-order valence-electron chi connectivity index (χ3n) is 2.26. The van der Waals surface area contributed by atoms with E-state index < -0.39 is 0 Å². The van der Waals surface area contributed by atoms with Crippen LogP contribution in [-0.4, -0.2) is 10.9 Å². The van der Waals surface area contributed by atoms with E-state index in [9.17, 15) is 4.79 Å². The zero-order valence-electron chi connectivity index (χ0n) is 9.35. The van der Waals surface area contributed by atoms with E-state index in [1.165, 1.54) is 6.20 Å². The minimum atomic E-state index is -0.201. The van der Waals surface area contributed by atoms with Gasteiger partial charge in [0.2, 0.25) is 0 Å². The first-order valence-electron chi connectivity index (χ1n) is 5.18. The summed E-state index contributed by atoms with van der Waals surface area (Å²) in [5.41, 5.74) is 3.64. The third kappa shape index (κ3) is 3.17. The number of pyridine rings is 1. The highest BCUT2D eigenvalue weighted by molar-refractivity contribution is 14.1. The number of carbonyl (C=O) groups excluding carboxylic acids is 1. The van der Waals surface area contributed by atoms with E-state index in [2.05, 4.69) is 38.3 Å². The summed E-state index contributed by atoms with van der Waals surface area (Å²) < 4.78 is 1.06. The van der Waals surface area contributed by atoms with E-state index in [0.717, 1.165) is 9.26 Å². The fourth-order valence-electron chi connectivity index (χ4n) is 1.38. The molecule has 1 aromatic carbocycles. The van der Waals surface area contributed by atoms with Crippen molar-refractivity contribution in [2.45, 2.75) is 0 Å². The zero-order chi connectivity index (χ0) is 13.0. The summed E-state index contributed by atoms with van der Waals surface area (Å²) in [4.78, 5) is 15.9. The van der Waals surface area contributed by atoms with Crippen molar-refractivity contribution < 1.29 is 4.79 Å². The Labute approximate surface area is 118 Å². The molecule has 0 radical (unpaired) electrons. The number of benzene rings is 1. The van der Waals surface area contributed by atoms with E-state index in [-0.39, 0.29) is 5.91 Å². The molecule has 0 aliphatic carbocycles. The van der Waals surface area contributed by atoms with E-state index >= 15 is 0 Å². The Kier molecular flexibility index (Phi) is 4.11. The molecule has 5 nitrogen and oxygen atoms in total. The number of nitrogens with zero attached hydrogens (tertiary/aromatic N) is 1. The Bertz CT molecular complexity index is 556. The molecule has 0 saturated heterocycles. The number of hydrazine groups is 1. The minimum absolute atomic E-state index is 0.201. The fraction of sp³-hybridized carbons (Fsp3) is 0. The van der Waals surface area contributed by atoms with Crippen LogP contribution in [0, 0.1) is 3.57 Å². The number of rotatable bonds is 3. The largest absolute Gasteiger partial charge is 0.322 e. The van der Waals surface area contributed by atoms with Gasteiger partial charge in [-0.1, -0.05) is 6.07 Å². The van der Waals surface area contributed by atoms with Crippen LogP contribution in [-0.2, 0) is 0 Å². The first kappa shape index (κ1) is 12.8. The lowest BCUT2D eigenvalue weighted by Crippen LogP contribution is -2.13. The van der Waals surface area contributed by atoms with Crippen LogP contribution in [0.4, 0.5) is 11.5 Å². The highest BCUT2D eigenvalue weighted by Gasteiger charge is 2.06. The maximum atomic E-state index is 11.9. The van der Waals surface area contributed by atoms with Gasteiger partial charge in [0.05, 0.1) is 5.56 Å². The van der Waals surface area contributed by atoms with Crippen molar-refractivity contribution in [1.29, 1.82) is 0 Å². The predicted molar refractivity (Wildman–Crippen MR) is 79.2 cm³/mol. The highest BCUT2D eigenvalue weighted by Crippen LogP contribution is 2.14. The molecule has 0 atom stereocenters. The van der Waals surface area contributed by atoms with Gasteiger partial charge >= 0.3 is 0 Å². The molecule has 0 unspecified atom stereocenters. The monoisotopic (exact) mass is 354 g/mol. The summed E-state index contributed by atoms with van der Waals surface area (Å²) in [5, 5.41) is 2.80. The van der Waals surface area contributed by atoms with Crippen LogP contribution < -0.4 is 16.6 Å². The molecule has 1 aromatic heterocycles. The number of anilines is 2. The summed E-state index contributed by atoms with van der Waals surface area (Å²) in [6.07, 6.45) is 1.47. The van der Waals surface area contributed by atoms with E-state index in [1.807, 2.05) is 24.3 Å². The molecule has 4 N–H and O–H groups in total. The van der Waals surface area contributed by atoms with Gasteiger partial charge in [0, 0.05) is 15.5 Å². The van der Waals surface area contributed by atoms with Gasteiger partial charge < -0.3 is 10.7 Å². The van der Waals surface area contributed by atoms with Crippen LogP contribution in [0.3, 0.4) is 0 Å². The molecule has 0 aliphatic heterocycles. The molecule has 0 bridgehead atoms. The zero-order valence-corrected chi connectivity index (χ0v) is 11.5. The lowest BCUT2D eigenvalue weighted by molar-refractivity contribution is 0.102. The molecule has 2 rings (SSSR count). The van der Waals surface area contributed by atoms with E-state index in [0.29, 0.717) is 11.4 Å². The molecular formula is C12H11IN4O. The van der Waals surface area contributed by atoms with Gasteiger partial charge in [-0.25, -0.2) is 10.8 Å². The quantitative estimate of drug-likeness (QED) is 0.449. The number of nitrogens with one attached hydrogen (secondary N) is 2. The molecular weight excluding hydrogens is 343 g/mol. The van der Waals surface area contributed by atoms with Gasteiger partial charge in [-0.2, -0.15) is 0 Å². The lowest BCUT2D eigenvalue weighted by atomic mass is 10.2. The number of halogens is 1. The summed E-state index contributed by atoms with van der Waals surface area (Å²) in [5.74, 6) is 5.52. The van der Waals surface area contributed by atoms with Crippen LogP contribution >= 0.6 is 22.6 Å². The summed E-state index contributed by atoms with van der Waals surface area (Å²) in [7, 11) is 0. The molecule has 1 heterocycles. The average Bonchev–Trinajstić information content (AvgIpc) is 2.39. The van der Waals surface area contributed by atoms with Crippen molar-refractivity contribution in [1.82, 2.24) is 4.98 Å². The number of amides is 1. The number of nitrogen functional groups attached to an aromatic ring is 1. The number of hydrogen-bond donors (Lipinski definition) is 3. The SMILES string of the molecule is NNc1ccc(C(=O)Nc2cccc(I)c2)cn1. The van der Waals surface area contributed by atoms with Crippen LogP contribution in [0.5, 0.6) is 0 Å². The Morgan fingerprint density at radius 3 is 2.72 bits per heavy atom. The lowest BCUT2D eigenvalue weighted by Gasteiger charge is -2.06. The molecule has 92 valence electrons. The summed E-state index contributed by atoms with van der Waals surface area (Å²) >= 11 is 2.19. The third-order valence-corrected chi connectivity index (χ3v) is 2.93. The van der Waals surface area contributed by atoms with Crippen molar-refractivity contribution >= 4 is 40.0 Å². The number of nitrogens with two attached hydrogens (primary N) is 1. The Balaban J connectivity index is 2.11. The summed E-state index contributed by atoms with van der Waals surface area (Å²) in [6, 6.07) is 10.9. The molecule has 0 saturated carbocycles. The number of aromatic nitrogens is 1. The molecule has 18 heavy (non-hydrogen) atoms. The minimum Gasteiger partial charge on any atom is -0.322 e. The van der Waals surface area contributed by atoms with Gasteiger partial charge in [-0.05, 0) is 52.9 Å². The van der Waals surface area contributed by atoms with Crippen LogP contribution in [0.2, 0.25) is 0 Å². The maximum absolute atomic E-state index is 11.9. The first-order chi connectivity index (χ1) is 8.69. The van der Waals surface area contributed by atoms with Crippen molar-refractivity contribution in [3.8, 4) is 0 Å². The molecule has 0 aliphatic rings. The van der Waals surface area contributed by atoms with Crippen LogP contribution in [0.25, 0.3) is 0 Å². The van der Waals surface area contributed by atoms with Crippen molar-refractivity contribution in [3.63, 3.8) is 0 Å². The Hall–Kier alpha value is -1.67.